The number of ether oxygens (including phenoxy) is 2. The average molecular weight is 383 g/mol. The van der Waals surface area contributed by atoms with Gasteiger partial charge >= 0.3 is 12.0 Å². The van der Waals surface area contributed by atoms with Crippen molar-refractivity contribution in [1.29, 1.82) is 0 Å². The Morgan fingerprint density at radius 2 is 1.68 bits per heavy atom. The van der Waals surface area contributed by atoms with E-state index >= 15 is 0 Å². The van der Waals surface area contributed by atoms with E-state index in [1.807, 2.05) is 36.4 Å². The molecule has 0 bridgehead atoms. The summed E-state index contributed by atoms with van der Waals surface area (Å²) in [6, 6.07) is 14.6. The molecule has 2 aromatic rings. The fraction of sp³-hybridized carbons (Fsp3) is 0.333. The van der Waals surface area contributed by atoms with Crippen molar-refractivity contribution >= 4 is 23.4 Å². The van der Waals surface area contributed by atoms with E-state index in [0.29, 0.717) is 36.7 Å². The van der Waals surface area contributed by atoms with Crippen molar-refractivity contribution in [1.82, 2.24) is 4.90 Å². The fourth-order valence-electron chi connectivity index (χ4n) is 3.13. The maximum absolute atomic E-state index is 12.5. The summed E-state index contributed by atoms with van der Waals surface area (Å²) in [5, 5.41) is 2.91. The number of urea groups is 1. The van der Waals surface area contributed by atoms with Crippen LogP contribution in [0.3, 0.4) is 0 Å². The number of hydrogen-bond donors (Lipinski definition) is 1. The topological polar surface area (TPSA) is 71.1 Å². The fourth-order valence-corrected chi connectivity index (χ4v) is 3.13. The van der Waals surface area contributed by atoms with Crippen LogP contribution >= 0.6 is 0 Å². The maximum Gasteiger partial charge on any atom is 0.338 e. The summed E-state index contributed by atoms with van der Waals surface area (Å²) in [4.78, 5) is 28.3. The number of nitrogens with one attached hydrogen (secondary N) is 1. The lowest BCUT2D eigenvalue weighted by Gasteiger charge is -2.36. The van der Waals surface area contributed by atoms with Gasteiger partial charge in [0.1, 0.15) is 5.75 Å². The van der Waals surface area contributed by atoms with Gasteiger partial charge in [0.15, 0.2) is 0 Å². The van der Waals surface area contributed by atoms with E-state index in [4.69, 9.17) is 9.47 Å². The number of amides is 2. The maximum atomic E-state index is 12.5. The standard InChI is InChI=1S/C21H25N3O4/c1-3-28-20(25)16-8-10-17(11-9-16)23-12-14-24(15-13-23)21(26)22-18-6-4-5-7-19(18)27-2/h4-11H,3,12-15H2,1-2H3,(H,22,26). The van der Waals surface area contributed by atoms with E-state index in [0.717, 1.165) is 18.8 Å². The van der Waals surface area contributed by atoms with Crippen molar-refractivity contribution in [3.05, 3.63) is 54.1 Å². The first-order valence-corrected chi connectivity index (χ1v) is 9.33. The number of nitrogens with zero attached hydrogens (tertiary/aromatic N) is 2. The van der Waals surface area contributed by atoms with Crippen LogP contribution in [0.4, 0.5) is 16.2 Å². The Balaban J connectivity index is 1.55. The Labute approximate surface area is 164 Å². The molecule has 7 nitrogen and oxygen atoms in total. The molecule has 0 saturated carbocycles. The number of methoxy groups -OCH3 is 1. The van der Waals surface area contributed by atoms with Gasteiger partial charge in [-0.25, -0.2) is 9.59 Å². The smallest absolute Gasteiger partial charge is 0.338 e. The SMILES string of the molecule is CCOC(=O)c1ccc(N2CCN(C(=O)Nc3ccccc3OC)CC2)cc1. The number of carbonyl (C=O) groups is 2. The van der Waals surface area contributed by atoms with Gasteiger partial charge in [-0.3, -0.25) is 0 Å². The van der Waals surface area contributed by atoms with E-state index in [2.05, 4.69) is 10.2 Å². The summed E-state index contributed by atoms with van der Waals surface area (Å²) in [6.07, 6.45) is 0. The highest BCUT2D eigenvalue weighted by atomic mass is 16.5. The van der Waals surface area contributed by atoms with Crippen LogP contribution in [0.5, 0.6) is 5.75 Å². The third-order valence-electron chi connectivity index (χ3n) is 4.66. The summed E-state index contributed by atoms with van der Waals surface area (Å²) in [6.45, 7) is 4.81. The third-order valence-corrected chi connectivity index (χ3v) is 4.66. The predicted molar refractivity (Wildman–Crippen MR) is 108 cm³/mol. The van der Waals surface area contributed by atoms with Crippen LogP contribution in [0.25, 0.3) is 0 Å². The van der Waals surface area contributed by atoms with E-state index in [1.54, 1.807) is 31.1 Å². The monoisotopic (exact) mass is 383 g/mol. The number of para-hydroxylation sites is 2. The molecule has 2 aromatic carbocycles. The molecule has 1 fully saturated rings. The van der Waals surface area contributed by atoms with Gasteiger partial charge in [-0.2, -0.15) is 0 Å². The lowest BCUT2D eigenvalue weighted by atomic mass is 10.2. The van der Waals surface area contributed by atoms with Gasteiger partial charge in [0.25, 0.3) is 0 Å². The first-order valence-electron chi connectivity index (χ1n) is 9.33. The number of esters is 1. The lowest BCUT2D eigenvalue weighted by molar-refractivity contribution is 0.0526. The van der Waals surface area contributed by atoms with Gasteiger partial charge in [-0.15, -0.1) is 0 Å². The predicted octanol–water partition coefficient (Wildman–Crippen LogP) is 3.23. The summed E-state index contributed by atoms with van der Waals surface area (Å²) < 4.78 is 10.3. The second kappa shape index (κ2) is 9.12. The molecule has 1 saturated heterocycles. The van der Waals surface area contributed by atoms with Crippen molar-refractivity contribution in [2.75, 3.05) is 50.1 Å². The largest absolute Gasteiger partial charge is 0.495 e. The van der Waals surface area contributed by atoms with Crippen molar-refractivity contribution in [2.24, 2.45) is 0 Å². The van der Waals surface area contributed by atoms with Crippen molar-refractivity contribution < 1.29 is 19.1 Å². The van der Waals surface area contributed by atoms with Crippen molar-refractivity contribution in [2.45, 2.75) is 6.92 Å². The molecule has 1 aliphatic rings. The quantitative estimate of drug-likeness (QED) is 0.803. The molecule has 0 aromatic heterocycles. The normalized spacial score (nSPS) is 13.8. The highest BCUT2D eigenvalue weighted by molar-refractivity contribution is 5.91. The lowest BCUT2D eigenvalue weighted by Crippen LogP contribution is -2.50. The molecule has 7 heteroatoms. The zero-order valence-electron chi connectivity index (χ0n) is 16.2. The molecule has 0 aliphatic carbocycles. The van der Waals surface area contributed by atoms with Crippen LogP contribution in [0, 0.1) is 0 Å². The minimum absolute atomic E-state index is 0.137. The molecule has 3 rings (SSSR count). The Morgan fingerprint density at radius 1 is 1.00 bits per heavy atom. The minimum atomic E-state index is -0.313. The molecular formula is C21H25N3O4. The van der Waals surface area contributed by atoms with Crippen LogP contribution < -0.4 is 15.0 Å². The highest BCUT2D eigenvalue weighted by Crippen LogP contribution is 2.24. The molecule has 0 radical (unpaired) electrons. The number of rotatable bonds is 5. The zero-order chi connectivity index (χ0) is 19.9. The molecule has 0 spiro atoms. The minimum Gasteiger partial charge on any atom is -0.495 e. The highest BCUT2D eigenvalue weighted by Gasteiger charge is 2.22. The summed E-state index contributed by atoms with van der Waals surface area (Å²) in [5.74, 6) is 0.322. The Kier molecular flexibility index (Phi) is 6.37. The second-order valence-electron chi connectivity index (χ2n) is 6.37. The van der Waals surface area contributed by atoms with Gasteiger partial charge in [-0.05, 0) is 43.3 Å². The van der Waals surface area contributed by atoms with Crippen LogP contribution in [0.1, 0.15) is 17.3 Å². The molecule has 1 aliphatic heterocycles. The van der Waals surface area contributed by atoms with Crippen molar-refractivity contribution in [3.8, 4) is 5.75 Å². The van der Waals surface area contributed by atoms with Gasteiger partial charge in [-0.1, -0.05) is 12.1 Å². The second-order valence-corrected chi connectivity index (χ2v) is 6.37. The van der Waals surface area contributed by atoms with Gasteiger partial charge in [0.05, 0.1) is 25.0 Å². The summed E-state index contributed by atoms with van der Waals surface area (Å²) in [5.41, 5.74) is 2.23. The van der Waals surface area contributed by atoms with E-state index < -0.39 is 0 Å². The Morgan fingerprint density at radius 3 is 2.32 bits per heavy atom. The van der Waals surface area contributed by atoms with Gasteiger partial charge in [0.2, 0.25) is 0 Å². The molecule has 2 amide bonds. The average Bonchev–Trinajstić information content (AvgIpc) is 2.74. The van der Waals surface area contributed by atoms with Crippen LogP contribution in [-0.2, 0) is 4.74 Å². The molecule has 0 atom stereocenters. The summed E-state index contributed by atoms with van der Waals surface area (Å²) >= 11 is 0. The van der Waals surface area contributed by atoms with Gasteiger partial charge in [0, 0.05) is 31.9 Å². The number of hydrogen-bond acceptors (Lipinski definition) is 5. The van der Waals surface area contributed by atoms with Crippen LogP contribution in [0.15, 0.2) is 48.5 Å². The number of anilines is 2. The first-order chi connectivity index (χ1) is 13.6. The zero-order valence-corrected chi connectivity index (χ0v) is 16.2. The number of benzene rings is 2. The Hall–Kier alpha value is -3.22. The van der Waals surface area contributed by atoms with E-state index in [-0.39, 0.29) is 12.0 Å². The first kappa shape index (κ1) is 19.5. The van der Waals surface area contributed by atoms with Crippen LogP contribution in [-0.4, -0.2) is 56.8 Å². The van der Waals surface area contributed by atoms with E-state index in [9.17, 15) is 9.59 Å². The van der Waals surface area contributed by atoms with Crippen molar-refractivity contribution in [3.63, 3.8) is 0 Å². The summed E-state index contributed by atoms with van der Waals surface area (Å²) in [7, 11) is 1.58. The molecule has 0 unspecified atom stereocenters. The molecule has 1 N–H and O–H groups in total. The van der Waals surface area contributed by atoms with Gasteiger partial charge < -0.3 is 24.6 Å². The van der Waals surface area contributed by atoms with Crippen LogP contribution in [0.2, 0.25) is 0 Å². The Bertz CT molecular complexity index is 815. The number of carbonyl (C=O) groups excluding carboxylic acids is 2. The molecule has 1 heterocycles. The third kappa shape index (κ3) is 4.54. The molecular weight excluding hydrogens is 358 g/mol. The molecule has 148 valence electrons. The number of piperazine rings is 1. The van der Waals surface area contributed by atoms with E-state index in [1.165, 1.54) is 0 Å². The molecule has 28 heavy (non-hydrogen) atoms.